The van der Waals surface area contributed by atoms with Gasteiger partial charge in [-0.1, -0.05) is 59.4 Å². The molecule has 0 saturated heterocycles. The summed E-state index contributed by atoms with van der Waals surface area (Å²) >= 11 is 1.32. The molecule has 0 bridgehead atoms. The minimum Gasteiger partial charge on any atom is -0.345 e. The lowest BCUT2D eigenvalue weighted by Gasteiger charge is -2.21. The SMILES string of the molecule is O=[N+]([O-])c1cc([C@@H](Nc2ccccn2)n2nnc3ccccc32)ccc1Sc1cccc2cccnc12. The summed E-state index contributed by atoms with van der Waals surface area (Å²) in [6.45, 7) is 0. The van der Waals surface area contributed by atoms with Gasteiger partial charge in [0.15, 0.2) is 0 Å². The van der Waals surface area contributed by atoms with Crippen molar-refractivity contribution in [1.29, 1.82) is 0 Å². The first-order chi connectivity index (χ1) is 18.2. The average Bonchev–Trinajstić information content (AvgIpc) is 3.37. The fourth-order valence-electron chi connectivity index (χ4n) is 4.16. The maximum absolute atomic E-state index is 12.2. The van der Waals surface area contributed by atoms with Crippen LogP contribution in [0.15, 0.2) is 113 Å². The summed E-state index contributed by atoms with van der Waals surface area (Å²) in [5, 5.41) is 25.2. The van der Waals surface area contributed by atoms with E-state index in [1.807, 2.05) is 78.9 Å². The molecule has 0 aliphatic carbocycles. The highest BCUT2D eigenvalue weighted by Gasteiger charge is 2.24. The Kier molecular flexibility index (Phi) is 5.91. The number of nitro benzene ring substituents is 1. The Morgan fingerprint density at radius 1 is 0.865 bits per heavy atom. The van der Waals surface area contributed by atoms with Gasteiger partial charge in [-0.3, -0.25) is 15.1 Å². The molecule has 0 fully saturated rings. The third kappa shape index (κ3) is 4.45. The van der Waals surface area contributed by atoms with Crippen LogP contribution >= 0.6 is 11.8 Å². The zero-order valence-electron chi connectivity index (χ0n) is 19.3. The lowest BCUT2D eigenvalue weighted by Crippen LogP contribution is -2.21. The molecule has 37 heavy (non-hydrogen) atoms. The van der Waals surface area contributed by atoms with E-state index in [4.69, 9.17) is 0 Å². The van der Waals surface area contributed by atoms with E-state index >= 15 is 0 Å². The van der Waals surface area contributed by atoms with E-state index in [2.05, 4.69) is 25.6 Å². The van der Waals surface area contributed by atoms with E-state index in [1.54, 1.807) is 29.2 Å². The second kappa shape index (κ2) is 9.67. The van der Waals surface area contributed by atoms with Crippen LogP contribution in [0.3, 0.4) is 0 Å². The van der Waals surface area contributed by atoms with Crippen molar-refractivity contribution < 1.29 is 4.92 Å². The highest BCUT2D eigenvalue weighted by molar-refractivity contribution is 7.99. The first kappa shape index (κ1) is 22.6. The van der Waals surface area contributed by atoms with Gasteiger partial charge in [0.05, 0.1) is 20.9 Å². The Morgan fingerprint density at radius 3 is 2.57 bits per heavy atom. The van der Waals surface area contributed by atoms with E-state index in [0.717, 1.165) is 26.8 Å². The van der Waals surface area contributed by atoms with Crippen molar-refractivity contribution in [3.63, 3.8) is 0 Å². The summed E-state index contributed by atoms with van der Waals surface area (Å²) < 4.78 is 1.71. The largest absolute Gasteiger partial charge is 0.345 e. The van der Waals surface area contributed by atoms with Crippen molar-refractivity contribution in [2.45, 2.75) is 16.0 Å². The Morgan fingerprint density at radius 2 is 1.70 bits per heavy atom. The molecular formula is C27H19N7O2S. The highest BCUT2D eigenvalue weighted by atomic mass is 32.2. The van der Waals surface area contributed by atoms with Crippen molar-refractivity contribution >= 4 is 45.2 Å². The molecular weight excluding hydrogens is 486 g/mol. The zero-order valence-corrected chi connectivity index (χ0v) is 20.1. The number of hydrogen-bond acceptors (Lipinski definition) is 8. The second-order valence-electron chi connectivity index (χ2n) is 8.20. The third-order valence-electron chi connectivity index (χ3n) is 5.88. The number of nitro groups is 1. The van der Waals surface area contributed by atoms with Crippen LogP contribution in [0.2, 0.25) is 0 Å². The smallest absolute Gasteiger partial charge is 0.283 e. The fraction of sp³-hybridized carbons (Fsp3) is 0.0370. The topological polar surface area (TPSA) is 112 Å². The van der Waals surface area contributed by atoms with Crippen LogP contribution < -0.4 is 5.32 Å². The predicted octanol–water partition coefficient (Wildman–Crippen LogP) is 6.09. The van der Waals surface area contributed by atoms with Gasteiger partial charge in [-0.15, -0.1) is 5.10 Å². The van der Waals surface area contributed by atoms with Crippen LogP contribution in [0.4, 0.5) is 11.5 Å². The van der Waals surface area contributed by atoms with Gasteiger partial charge in [0.1, 0.15) is 17.5 Å². The molecule has 0 aliphatic heterocycles. The molecule has 6 aromatic rings. The van der Waals surface area contributed by atoms with Crippen molar-refractivity contribution in [2.24, 2.45) is 0 Å². The Hall–Kier alpha value is -4.83. The Balaban J connectivity index is 1.44. The van der Waals surface area contributed by atoms with Crippen molar-refractivity contribution in [1.82, 2.24) is 25.0 Å². The summed E-state index contributed by atoms with van der Waals surface area (Å²) in [6, 6.07) is 28.0. The Bertz CT molecular complexity index is 1730. The van der Waals surface area contributed by atoms with E-state index in [-0.39, 0.29) is 10.6 Å². The molecule has 0 amide bonds. The van der Waals surface area contributed by atoms with Crippen LogP contribution in [0.25, 0.3) is 21.9 Å². The molecule has 9 nitrogen and oxygen atoms in total. The molecule has 0 aliphatic rings. The number of benzene rings is 3. The molecule has 180 valence electrons. The summed E-state index contributed by atoms with van der Waals surface area (Å²) in [5.74, 6) is 0.606. The number of rotatable bonds is 7. The molecule has 0 spiro atoms. The van der Waals surface area contributed by atoms with Crippen LogP contribution in [-0.2, 0) is 0 Å². The number of pyridine rings is 2. The minimum absolute atomic E-state index is 0.00678. The monoisotopic (exact) mass is 505 g/mol. The molecule has 0 unspecified atom stereocenters. The summed E-state index contributed by atoms with van der Waals surface area (Å²) in [6.07, 6.45) is 2.82. The first-order valence-corrected chi connectivity index (χ1v) is 12.3. The van der Waals surface area contributed by atoms with E-state index in [0.29, 0.717) is 16.3 Å². The van der Waals surface area contributed by atoms with Crippen LogP contribution in [0, 0.1) is 10.1 Å². The molecule has 3 aromatic heterocycles. The number of nitrogens with zero attached hydrogens (tertiary/aromatic N) is 6. The molecule has 1 N–H and O–H groups in total. The average molecular weight is 506 g/mol. The normalized spacial score (nSPS) is 12.0. The van der Waals surface area contributed by atoms with Crippen molar-refractivity contribution in [3.8, 4) is 0 Å². The minimum atomic E-state index is -0.584. The number of anilines is 1. The van der Waals surface area contributed by atoms with Gasteiger partial charge in [-0.05, 0) is 42.5 Å². The third-order valence-corrected chi connectivity index (χ3v) is 7.00. The van der Waals surface area contributed by atoms with Crippen LogP contribution in [0.1, 0.15) is 11.7 Å². The van der Waals surface area contributed by atoms with Crippen molar-refractivity contribution in [3.05, 3.63) is 119 Å². The quantitative estimate of drug-likeness (QED) is 0.205. The molecule has 10 heteroatoms. The fourth-order valence-corrected chi connectivity index (χ4v) is 5.19. The lowest BCUT2D eigenvalue weighted by atomic mass is 10.1. The number of aromatic nitrogens is 5. The molecule has 0 radical (unpaired) electrons. The molecule has 0 saturated carbocycles. The van der Waals surface area contributed by atoms with E-state index in [9.17, 15) is 10.1 Å². The van der Waals surface area contributed by atoms with Gasteiger partial charge in [0.25, 0.3) is 5.69 Å². The number of nitrogens with one attached hydrogen (secondary N) is 1. The first-order valence-electron chi connectivity index (χ1n) is 11.4. The number of para-hydroxylation sites is 2. The Labute approximate surface area is 215 Å². The zero-order chi connectivity index (χ0) is 25.2. The van der Waals surface area contributed by atoms with Gasteiger partial charge in [0, 0.05) is 34.3 Å². The predicted molar refractivity (Wildman–Crippen MR) is 142 cm³/mol. The summed E-state index contributed by atoms with van der Waals surface area (Å²) in [5.41, 5.74) is 2.96. The van der Waals surface area contributed by atoms with Gasteiger partial charge >= 0.3 is 0 Å². The lowest BCUT2D eigenvalue weighted by molar-refractivity contribution is -0.387. The number of fused-ring (bicyclic) bond motifs is 2. The molecule has 3 aromatic carbocycles. The van der Waals surface area contributed by atoms with Gasteiger partial charge < -0.3 is 5.32 Å². The molecule has 1 atom stereocenters. The van der Waals surface area contributed by atoms with Crippen LogP contribution in [-0.4, -0.2) is 29.9 Å². The summed E-state index contributed by atoms with van der Waals surface area (Å²) in [4.78, 5) is 22.1. The summed E-state index contributed by atoms with van der Waals surface area (Å²) in [7, 11) is 0. The van der Waals surface area contributed by atoms with Crippen molar-refractivity contribution in [2.75, 3.05) is 5.32 Å². The van der Waals surface area contributed by atoms with E-state index < -0.39 is 6.17 Å². The maximum Gasteiger partial charge on any atom is 0.283 e. The van der Waals surface area contributed by atoms with E-state index in [1.165, 1.54) is 11.8 Å². The van der Waals surface area contributed by atoms with Gasteiger partial charge in [-0.2, -0.15) is 0 Å². The molecule has 6 rings (SSSR count). The molecule has 3 heterocycles. The number of hydrogen-bond donors (Lipinski definition) is 1. The van der Waals surface area contributed by atoms with Gasteiger partial charge in [-0.25, -0.2) is 9.67 Å². The second-order valence-corrected chi connectivity index (χ2v) is 9.29. The van der Waals surface area contributed by atoms with Crippen LogP contribution in [0.5, 0.6) is 0 Å². The standard InChI is InChI=1S/C27H19N7O2S/c35-34(36)22-17-19(13-14-23(22)37-24-11-5-7-18-8-6-16-29-26(18)24)27(30-25-12-3-4-15-28-25)33-21-10-2-1-9-20(21)31-32-33/h1-17,27H,(H,28,30)/t27-/m0/s1. The van der Waals surface area contributed by atoms with Gasteiger partial charge in [0.2, 0.25) is 0 Å². The maximum atomic E-state index is 12.2. The highest BCUT2D eigenvalue weighted by Crippen LogP contribution is 2.39.